The van der Waals surface area contributed by atoms with Crippen LogP contribution in [0.4, 0.5) is 0 Å². The summed E-state index contributed by atoms with van der Waals surface area (Å²) in [5, 5.41) is 0. The molecule has 0 radical (unpaired) electrons. The van der Waals surface area contributed by atoms with E-state index in [0.29, 0.717) is 5.92 Å². The largest absolute Gasteiger partial charge is 0.461 e. The van der Waals surface area contributed by atoms with Crippen LogP contribution < -0.4 is 5.73 Å². The molecule has 0 aromatic carbocycles. The predicted octanol–water partition coefficient (Wildman–Crippen LogP) is 1.85. The van der Waals surface area contributed by atoms with Crippen LogP contribution in [-0.2, 0) is 9.53 Å². The minimum absolute atomic E-state index is 0.118. The first-order chi connectivity index (χ1) is 6.65. The lowest BCUT2D eigenvalue weighted by molar-refractivity contribution is -0.154. The van der Waals surface area contributed by atoms with Crippen LogP contribution in [-0.4, -0.2) is 18.1 Å². The molecule has 0 heterocycles. The van der Waals surface area contributed by atoms with E-state index in [1.54, 1.807) is 6.92 Å². The lowest BCUT2D eigenvalue weighted by Crippen LogP contribution is -2.36. The highest BCUT2D eigenvalue weighted by molar-refractivity contribution is 5.75. The molecule has 3 heteroatoms. The van der Waals surface area contributed by atoms with Crippen molar-refractivity contribution >= 4 is 5.97 Å². The fourth-order valence-electron chi connectivity index (χ4n) is 2.05. The number of esters is 1. The highest BCUT2D eigenvalue weighted by atomic mass is 16.5. The van der Waals surface area contributed by atoms with E-state index in [4.69, 9.17) is 10.5 Å². The van der Waals surface area contributed by atoms with Gasteiger partial charge in [-0.05, 0) is 38.5 Å². The molecule has 1 fully saturated rings. The first kappa shape index (κ1) is 11.5. The number of carbonyl (C=O) groups is 1. The van der Waals surface area contributed by atoms with Crippen molar-refractivity contribution < 1.29 is 9.53 Å². The second-order valence-corrected chi connectivity index (χ2v) is 4.22. The number of rotatable bonds is 3. The summed E-state index contributed by atoms with van der Waals surface area (Å²) in [6, 6.07) is -0.491. The van der Waals surface area contributed by atoms with E-state index >= 15 is 0 Å². The maximum absolute atomic E-state index is 11.3. The molecule has 3 unspecified atom stereocenters. The van der Waals surface area contributed by atoms with Gasteiger partial charge in [-0.3, -0.25) is 4.79 Å². The quantitative estimate of drug-likeness (QED) is 0.706. The summed E-state index contributed by atoms with van der Waals surface area (Å²) in [4.78, 5) is 11.3. The second-order valence-electron chi connectivity index (χ2n) is 4.22. The monoisotopic (exact) mass is 199 g/mol. The average molecular weight is 199 g/mol. The molecule has 3 nitrogen and oxygen atoms in total. The Balaban J connectivity index is 2.44. The van der Waals surface area contributed by atoms with Crippen molar-refractivity contribution in [1.29, 1.82) is 0 Å². The highest BCUT2D eigenvalue weighted by Gasteiger charge is 2.27. The third kappa shape index (κ3) is 2.98. The SMILES string of the molecule is CCC1CCCCC1OC(=O)C(C)N. The summed E-state index contributed by atoms with van der Waals surface area (Å²) in [5.41, 5.74) is 5.47. The van der Waals surface area contributed by atoms with E-state index in [1.807, 2.05) is 0 Å². The minimum Gasteiger partial charge on any atom is -0.461 e. The van der Waals surface area contributed by atoms with Crippen molar-refractivity contribution in [2.75, 3.05) is 0 Å². The molecule has 1 aliphatic rings. The molecule has 1 aliphatic carbocycles. The zero-order valence-corrected chi connectivity index (χ0v) is 9.16. The number of hydrogen-bond acceptors (Lipinski definition) is 3. The summed E-state index contributed by atoms with van der Waals surface area (Å²) in [5.74, 6) is 0.293. The Morgan fingerprint density at radius 3 is 2.71 bits per heavy atom. The van der Waals surface area contributed by atoms with Crippen molar-refractivity contribution in [2.24, 2.45) is 11.7 Å². The van der Waals surface area contributed by atoms with Crippen LogP contribution in [0.3, 0.4) is 0 Å². The van der Waals surface area contributed by atoms with E-state index in [2.05, 4.69) is 6.92 Å². The first-order valence-corrected chi connectivity index (χ1v) is 5.61. The van der Waals surface area contributed by atoms with Gasteiger partial charge < -0.3 is 10.5 Å². The molecule has 14 heavy (non-hydrogen) atoms. The maximum atomic E-state index is 11.3. The molecule has 0 amide bonds. The van der Waals surface area contributed by atoms with Gasteiger partial charge in [0, 0.05) is 0 Å². The van der Waals surface area contributed by atoms with Gasteiger partial charge in [0.2, 0.25) is 0 Å². The number of carbonyl (C=O) groups excluding carboxylic acids is 1. The molecule has 2 N–H and O–H groups in total. The average Bonchev–Trinajstić information content (AvgIpc) is 2.18. The normalized spacial score (nSPS) is 29.6. The van der Waals surface area contributed by atoms with Crippen LogP contribution in [0.15, 0.2) is 0 Å². The zero-order chi connectivity index (χ0) is 10.6. The van der Waals surface area contributed by atoms with E-state index in [-0.39, 0.29) is 12.1 Å². The van der Waals surface area contributed by atoms with Gasteiger partial charge in [-0.2, -0.15) is 0 Å². The Morgan fingerprint density at radius 2 is 2.14 bits per heavy atom. The Labute approximate surface area is 86.0 Å². The van der Waals surface area contributed by atoms with Crippen LogP contribution in [0, 0.1) is 5.92 Å². The van der Waals surface area contributed by atoms with Crippen molar-refractivity contribution in [2.45, 2.75) is 58.1 Å². The zero-order valence-electron chi connectivity index (χ0n) is 9.16. The topological polar surface area (TPSA) is 52.3 Å². The van der Waals surface area contributed by atoms with E-state index in [0.717, 1.165) is 12.8 Å². The van der Waals surface area contributed by atoms with Gasteiger partial charge in [-0.25, -0.2) is 0 Å². The Morgan fingerprint density at radius 1 is 1.50 bits per heavy atom. The standard InChI is InChI=1S/C11H21NO2/c1-3-9-6-4-5-7-10(9)14-11(13)8(2)12/h8-10H,3-7,12H2,1-2H3. The van der Waals surface area contributed by atoms with Crippen molar-refractivity contribution in [3.05, 3.63) is 0 Å². The molecule has 0 saturated heterocycles. The second kappa shape index (κ2) is 5.35. The molecule has 3 atom stereocenters. The van der Waals surface area contributed by atoms with Gasteiger partial charge in [0.15, 0.2) is 0 Å². The predicted molar refractivity (Wildman–Crippen MR) is 55.8 cm³/mol. The van der Waals surface area contributed by atoms with Gasteiger partial charge in [0.1, 0.15) is 12.1 Å². The summed E-state index contributed by atoms with van der Waals surface area (Å²) < 4.78 is 5.39. The number of nitrogens with two attached hydrogens (primary N) is 1. The van der Waals surface area contributed by atoms with Crippen molar-refractivity contribution in [3.8, 4) is 0 Å². The van der Waals surface area contributed by atoms with Crippen LogP contribution in [0.1, 0.15) is 46.0 Å². The summed E-state index contributed by atoms with van der Waals surface area (Å²) in [7, 11) is 0. The summed E-state index contributed by atoms with van der Waals surface area (Å²) >= 11 is 0. The third-order valence-corrected chi connectivity index (χ3v) is 3.00. The smallest absolute Gasteiger partial charge is 0.322 e. The fraction of sp³-hybridized carbons (Fsp3) is 0.909. The van der Waals surface area contributed by atoms with Crippen LogP contribution in [0.5, 0.6) is 0 Å². The van der Waals surface area contributed by atoms with Crippen molar-refractivity contribution in [3.63, 3.8) is 0 Å². The summed E-state index contributed by atoms with van der Waals surface area (Å²) in [6.07, 6.45) is 5.85. The number of ether oxygens (including phenoxy) is 1. The third-order valence-electron chi connectivity index (χ3n) is 3.00. The molecule has 0 aliphatic heterocycles. The fourth-order valence-corrected chi connectivity index (χ4v) is 2.05. The van der Waals surface area contributed by atoms with Crippen LogP contribution in [0.2, 0.25) is 0 Å². The van der Waals surface area contributed by atoms with E-state index in [1.165, 1.54) is 19.3 Å². The molecule has 0 bridgehead atoms. The van der Waals surface area contributed by atoms with E-state index < -0.39 is 6.04 Å². The van der Waals surface area contributed by atoms with Crippen LogP contribution in [0.25, 0.3) is 0 Å². The van der Waals surface area contributed by atoms with E-state index in [9.17, 15) is 4.79 Å². The van der Waals surface area contributed by atoms with Gasteiger partial charge in [0.05, 0.1) is 0 Å². The number of hydrogen-bond donors (Lipinski definition) is 1. The van der Waals surface area contributed by atoms with Gasteiger partial charge >= 0.3 is 5.97 Å². The molecular formula is C11H21NO2. The van der Waals surface area contributed by atoms with Gasteiger partial charge in [-0.15, -0.1) is 0 Å². The molecule has 82 valence electrons. The van der Waals surface area contributed by atoms with Crippen LogP contribution >= 0.6 is 0 Å². The van der Waals surface area contributed by atoms with Gasteiger partial charge in [-0.1, -0.05) is 13.3 Å². The lowest BCUT2D eigenvalue weighted by atomic mass is 9.85. The molecule has 0 aromatic rings. The Hall–Kier alpha value is -0.570. The van der Waals surface area contributed by atoms with Crippen molar-refractivity contribution in [1.82, 2.24) is 0 Å². The minimum atomic E-state index is -0.491. The first-order valence-electron chi connectivity index (χ1n) is 5.61. The molecule has 1 rings (SSSR count). The molecule has 0 aromatic heterocycles. The van der Waals surface area contributed by atoms with Gasteiger partial charge in [0.25, 0.3) is 0 Å². The molecular weight excluding hydrogens is 178 g/mol. The highest BCUT2D eigenvalue weighted by Crippen LogP contribution is 2.29. The lowest BCUT2D eigenvalue weighted by Gasteiger charge is -2.30. The molecule has 0 spiro atoms. The Kier molecular flexibility index (Phi) is 4.39. The Bertz CT molecular complexity index is 192. The molecule has 1 saturated carbocycles. The maximum Gasteiger partial charge on any atom is 0.322 e. The summed E-state index contributed by atoms with van der Waals surface area (Å²) in [6.45, 7) is 3.83.